The van der Waals surface area contributed by atoms with Crippen LogP contribution in [0.1, 0.15) is 71.1 Å². The number of ether oxygens (including phenoxy) is 2. The van der Waals surface area contributed by atoms with Crippen LogP contribution >= 0.6 is 0 Å². The minimum Gasteiger partial charge on any atom is -0.480 e. The molecule has 0 aromatic rings. The fraction of sp³-hybridized carbons (Fsp3) is 0.923. The number of nitrogens with one attached hydrogen (secondary N) is 3. The molecule has 9 heteroatoms. The van der Waals surface area contributed by atoms with Gasteiger partial charge in [-0.15, -0.1) is 0 Å². The van der Waals surface area contributed by atoms with Gasteiger partial charge in [-0.25, -0.2) is 0 Å². The van der Waals surface area contributed by atoms with Gasteiger partial charge in [0.1, 0.15) is 18.4 Å². The summed E-state index contributed by atoms with van der Waals surface area (Å²) in [6, 6.07) is -0.0171. The Labute approximate surface area is 210 Å². The minimum atomic E-state index is -0.815. The molecule has 0 spiro atoms. The highest BCUT2D eigenvalue weighted by atomic mass is 16.5. The number of rotatable bonds is 9. The lowest BCUT2D eigenvalue weighted by molar-refractivity contribution is -0.146. The van der Waals surface area contributed by atoms with Gasteiger partial charge in [0.15, 0.2) is 0 Å². The number of carboxylic acids is 1. The number of esters is 1. The first-order valence-electron chi connectivity index (χ1n) is 13.8. The van der Waals surface area contributed by atoms with Crippen molar-refractivity contribution >= 4 is 11.9 Å². The summed E-state index contributed by atoms with van der Waals surface area (Å²) in [5, 5.41) is 20.7. The van der Waals surface area contributed by atoms with Crippen molar-refractivity contribution in [2.45, 2.75) is 102 Å². The molecule has 0 radical (unpaired) electrons. The molecule has 0 amide bonds. The molecule has 0 aromatic heterocycles. The molecule has 2 saturated carbocycles. The van der Waals surface area contributed by atoms with Crippen LogP contribution in [0, 0.1) is 17.8 Å². The van der Waals surface area contributed by atoms with E-state index in [2.05, 4.69) is 16.0 Å². The van der Waals surface area contributed by atoms with Crippen molar-refractivity contribution in [2.24, 2.45) is 17.8 Å². The standard InChI is InChI=1S/C26H46N4O5/c1-17(31)35-23-13-24(25(32)33)30(16-23)12-11-18-3-7-21(8-4-18)29-26-27-14-20(15-28-26)19-5-9-22(34-2)10-6-19/h18-24,26-29H,3-16H2,1-2H3,(H,32,33). The van der Waals surface area contributed by atoms with Gasteiger partial charge in [0.05, 0.1) is 6.10 Å². The Morgan fingerprint density at radius 3 is 2.26 bits per heavy atom. The van der Waals surface area contributed by atoms with Crippen LogP contribution in [0.3, 0.4) is 0 Å². The van der Waals surface area contributed by atoms with Crippen molar-refractivity contribution in [1.29, 1.82) is 0 Å². The van der Waals surface area contributed by atoms with Gasteiger partial charge in [0.25, 0.3) is 0 Å². The SMILES string of the molecule is COC1CCC(C2CNC(NC3CCC(CCN4CC(OC(C)=O)CC4C(=O)O)CC3)NC2)CC1. The average Bonchev–Trinajstić information content (AvgIpc) is 3.26. The highest BCUT2D eigenvalue weighted by molar-refractivity contribution is 5.74. The van der Waals surface area contributed by atoms with Gasteiger partial charge in [0.2, 0.25) is 0 Å². The summed E-state index contributed by atoms with van der Waals surface area (Å²) >= 11 is 0. The number of nitrogens with zero attached hydrogens (tertiary/aromatic N) is 1. The second kappa shape index (κ2) is 12.8. The summed E-state index contributed by atoms with van der Waals surface area (Å²) in [7, 11) is 1.84. The number of carboxylic acid groups (broad SMARTS) is 1. The lowest BCUT2D eigenvalue weighted by atomic mass is 9.78. The molecule has 4 N–H and O–H groups in total. The van der Waals surface area contributed by atoms with Crippen LogP contribution in [0.2, 0.25) is 0 Å². The maximum Gasteiger partial charge on any atom is 0.321 e. The number of likely N-dealkylation sites (tertiary alicyclic amines) is 1. The van der Waals surface area contributed by atoms with Crippen molar-refractivity contribution in [3.8, 4) is 0 Å². The Morgan fingerprint density at radius 2 is 1.66 bits per heavy atom. The molecular formula is C26H46N4O5. The van der Waals surface area contributed by atoms with Crippen LogP contribution in [0.25, 0.3) is 0 Å². The Kier molecular flexibility index (Phi) is 9.81. The number of carbonyl (C=O) groups excluding carboxylic acids is 1. The molecule has 9 nitrogen and oxygen atoms in total. The maximum absolute atomic E-state index is 11.7. The summed E-state index contributed by atoms with van der Waals surface area (Å²) in [5.74, 6) is 0.998. The van der Waals surface area contributed by atoms with Crippen LogP contribution < -0.4 is 16.0 Å². The first-order valence-corrected chi connectivity index (χ1v) is 13.8. The normalized spacial score (nSPS) is 38.8. The number of carbonyl (C=O) groups is 2. The zero-order chi connectivity index (χ0) is 24.8. The molecule has 2 atom stereocenters. The Hall–Kier alpha value is -1.26. The zero-order valence-electron chi connectivity index (χ0n) is 21.5. The van der Waals surface area contributed by atoms with Crippen molar-refractivity contribution in [3.63, 3.8) is 0 Å². The third kappa shape index (κ3) is 7.61. The second-order valence-corrected chi connectivity index (χ2v) is 11.3. The van der Waals surface area contributed by atoms with Gasteiger partial charge in [-0.1, -0.05) is 0 Å². The van der Waals surface area contributed by atoms with E-state index in [0.717, 1.165) is 44.8 Å². The lowest BCUT2D eigenvalue weighted by Crippen LogP contribution is -2.63. The van der Waals surface area contributed by atoms with Crippen LogP contribution in [-0.4, -0.2) is 85.8 Å². The minimum absolute atomic E-state index is 0.197. The fourth-order valence-corrected chi connectivity index (χ4v) is 6.82. The molecule has 0 bridgehead atoms. The van der Waals surface area contributed by atoms with E-state index in [1.807, 2.05) is 12.0 Å². The van der Waals surface area contributed by atoms with E-state index in [0.29, 0.717) is 36.9 Å². The average molecular weight is 495 g/mol. The van der Waals surface area contributed by atoms with E-state index in [4.69, 9.17) is 9.47 Å². The molecule has 4 fully saturated rings. The van der Waals surface area contributed by atoms with Crippen molar-refractivity contribution < 1.29 is 24.2 Å². The summed E-state index contributed by atoms with van der Waals surface area (Å²) in [4.78, 5) is 24.9. The van der Waals surface area contributed by atoms with E-state index in [1.54, 1.807) is 0 Å². The van der Waals surface area contributed by atoms with Crippen LogP contribution in [0.15, 0.2) is 0 Å². The van der Waals surface area contributed by atoms with Crippen LogP contribution in [0.5, 0.6) is 0 Å². The summed E-state index contributed by atoms with van der Waals surface area (Å²) in [5.41, 5.74) is 0. The number of methoxy groups -OCH3 is 1. The lowest BCUT2D eigenvalue weighted by Gasteiger charge is -2.40. The van der Waals surface area contributed by atoms with Gasteiger partial charge in [-0.3, -0.25) is 30.4 Å². The Bertz CT molecular complexity index is 685. The molecular weight excluding hydrogens is 448 g/mol. The van der Waals surface area contributed by atoms with E-state index < -0.39 is 12.0 Å². The first kappa shape index (κ1) is 26.8. The number of hydrogen-bond donors (Lipinski definition) is 4. The van der Waals surface area contributed by atoms with Gasteiger partial charge in [0, 0.05) is 46.1 Å². The molecule has 2 aliphatic carbocycles. The molecule has 2 saturated heterocycles. The highest BCUT2D eigenvalue weighted by Gasteiger charge is 2.38. The number of hydrogen-bond acceptors (Lipinski definition) is 8. The van der Waals surface area contributed by atoms with E-state index >= 15 is 0 Å². The molecule has 2 unspecified atom stereocenters. The molecule has 2 aliphatic heterocycles. The van der Waals surface area contributed by atoms with Crippen LogP contribution in [0.4, 0.5) is 0 Å². The molecule has 4 rings (SSSR count). The fourth-order valence-electron chi connectivity index (χ4n) is 6.82. The first-order chi connectivity index (χ1) is 16.9. The van der Waals surface area contributed by atoms with Crippen molar-refractivity contribution in [3.05, 3.63) is 0 Å². The predicted octanol–water partition coefficient (Wildman–Crippen LogP) is 1.91. The van der Waals surface area contributed by atoms with E-state index in [1.165, 1.54) is 45.4 Å². The maximum atomic E-state index is 11.7. The molecule has 2 heterocycles. The smallest absolute Gasteiger partial charge is 0.321 e. The van der Waals surface area contributed by atoms with Crippen molar-refractivity contribution in [1.82, 2.24) is 20.9 Å². The molecule has 0 aromatic carbocycles. The Morgan fingerprint density at radius 1 is 0.971 bits per heavy atom. The highest BCUT2D eigenvalue weighted by Crippen LogP contribution is 2.32. The molecule has 35 heavy (non-hydrogen) atoms. The van der Waals surface area contributed by atoms with Gasteiger partial charge < -0.3 is 14.6 Å². The van der Waals surface area contributed by atoms with Gasteiger partial charge >= 0.3 is 11.9 Å². The summed E-state index contributed by atoms with van der Waals surface area (Å²) in [6.45, 7) is 4.84. The topological polar surface area (TPSA) is 112 Å². The third-order valence-corrected chi connectivity index (χ3v) is 8.94. The summed E-state index contributed by atoms with van der Waals surface area (Å²) < 4.78 is 10.8. The van der Waals surface area contributed by atoms with Gasteiger partial charge in [-0.2, -0.15) is 0 Å². The van der Waals surface area contributed by atoms with Crippen LogP contribution in [-0.2, 0) is 19.1 Å². The number of aliphatic carboxylic acids is 1. The van der Waals surface area contributed by atoms with Gasteiger partial charge in [-0.05, 0) is 82.1 Å². The second-order valence-electron chi connectivity index (χ2n) is 11.3. The zero-order valence-corrected chi connectivity index (χ0v) is 21.5. The summed E-state index contributed by atoms with van der Waals surface area (Å²) in [6.07, 6.45) is 11.4. The quantitative estimate of drug-likeness (QED) is 0.357. The largest absolute Gasteiger partial charge is 0.480 e. The Balaban J connectivity index is 1.11. The van der Waals surface area contributed by atoms with E-state index in [9.17, 15) is 14.7 Å². The molecule has 4 aliphatic rings. The van der Waals surface area contributed by atoms with Crippen molar-refractivity contribution in [2.75, 3.05) is 33.3 Å². The van der Waals surface area contributed by atoms with E-state index in [-0.39, 0.29) is 18.4 Å². The molecule has 200 valence electrons. The monoisotopic (exact) mass is 494 g/mol. The third-order valence-electron chi connectivity index (χ3n) is 8.94. The predicted molar refractivity (Wildman–Crippen MR) is 133 cm³/mol.